The molecule has 6 rings (SSSR count). The molecule has 0 saturated carbocycles. The van der Waals surface area contributed by atoms with E-state index in [0.29, 0.717) is 44.9 Å². The fraction of sp³-hybridized carbons (Fsp3) is 0.300. The SMILES string of the molecule is C=CC1=C(C)c2cc3nc(cc4[nH]c(cc5[nH]c(cc1n2)c(C)c5CCC(=O)O)c(CCC(=O)O)c4C)[C@]1(C)C3=CC=C(C(=O)OC)C1C(=O)CO. The third-order valence-electron chi connectivity index (χ3n) is 10.5. The van der Waals surface area contributed by atoms with Crippen LogP contribution in [0.15, 0.2) is 54.6 Å². The van der Waals surface area contributed by atoms with Crippen LogP contribution in [0.25, 0.3) is 38.8 Å². The number of ether oxygens (including phenoxy) is 1. The number of aliphatic hydroxyl groups is 1. The van der Waals surface area contributed by atoms with Gasteiger partial charge < -0.3 is 30.0 Å². The van der Waals surface area contributed by atoms with Crippen molar-refractivity contribution in [3.63, 3.8) is 0 Å². The van der Waals surface area contributed by atoms with E-state index in [-0.39, 0.29) is 31.3 Å². The molecule has 2 aliphatic heterocycles. The van der Waals surface area contributed by atoms with Crippen molar-refractivity contribution in [2.75, 3.05) is 13.7 Å². The van der Waals surface area contributed by atoms with Gasteiger partial charge in [-0.25, -0.2) is 9.78 Å². The van der Waals surface area contributed by atoms with Gasteiger partial charge in [0, 0.05) is 46.1 Å². The number of hydrogen-bond donors (Lipinski definition) is 5. The van der Waals surface area contributed by atoms with Crippen molar-refractivity contribution in [3.05, 3.63) is 99.7 Å². The van der Waals surface area contributed by atoms with E-state index in [4.69, 9.17) is 14.7 Å². The maximum atomic E-state index is 13.6. The van der Waals surface area contributed by atoms with Crippen LogP contribution in [0.3, 0.4) is 0 Å². The predicted octanol–water partition coefficient (Wildman–Crippen LogP) is 5.71. The van der Waals surface area contributed by atoms with Crippen molar-refractivity contribution >= 4 is 62.5 Å². The fourth-order valence-electron chi connectivity index (χ4n) is 7.70. The molecule has 0 fully saturated rings. The monoisotopic (exact) mass is 704 g/mol. The van der Waals surface area contributed by atoms with E-state index in [1.54, 1.807) is 24.3 Å². The molecule has 0 amide bonds. The van der Waals surface area contributed by atoms with Gasteiger partial charge in [-0.1, -0.05) is 24.8 Å². The van der Waals surface area contributed by atoms with Gasteiger partial charge in [-0.2, -0.15) is 0 Å². The second-order valence-electron chi connectivity index (χ2n) is 13.4. The topological polar surface area (TPSA) is 196 Å². The summed E-state index contributed by atoms with van der Waals surface area (Å²) in [6.45, 7) is 10.7. The number of H-pyrrole nitrogens is 2. The zero-order chi connectivity index (χ0) is 37.6. The molecule has 0 radical (unpaired) electrons. The Hall–Kier alpha value is -5.88. The smallest absolute Gasteiger partial charge is 0.334 e. The first-order valence-electron chi connectivity index (χ1n) is 16.9. The average Bonchev–Trinajstić information content (AvgIpc) is 3.76. The molecule has 0 saturated heterocycles. The van der Waals surface area contributed by atoms with E-state index in [2.05, 4.69) is 16.5 Å². The molecule has 1 unspecified atom stereocenters. The highest BCUT2D eigenvalue weighted by Gasteiger charge is 2.52. The summed E-state index contributed by atoms with van der Waals surface area (Å²) in [4.78, 5) is 67.1. The van der Waals surface area contributed by atoms with E-state index in [1.807, 2.05) is 45.9 Å². The lowest BCUT2D eigenvalue weighted by Gasteiger charge is -2.37. The second kappa shape index (κ2) is 13.7. The minimum absolute atomic E-state index is 0.0837. The Morgan fingerprint density at radius 1 is 0.846 bits per heavy atom. The van der Waals surface area contributed by atoms with Gasteiger partial charge in [0.1, 0.15) is 6.61 Å². The molecule has 1 aliphatic carbocycles. The van der Waals surface area contributed by atoms with Crippen LogP contribution in [0, 0.1) is 19.8 Å². The minimum atomic E-state index is -1.23. The fourth-order valence-corrected chi connectivity index (χ4v) is 7.70. The number of rotatable bonds is 10. The van der Waals surface area contributed by atoms with E-state index in [9.17, 15) is 34.5 Å². The molecule has 5 heterocycles. The van der Waals surface area contributed by atoms with Crippen molar-refractivity contribution in [3.8, 4) is 0 Å². The van der Waals surface area contributed by atoms with E-state index < -0.39 is 41.6 Å². The number of fused-ring (bicyclic) bond motifs is 11. The highest BCUT2D eigenvalue weighted by Crippen LogP contribution is 2.52. The van der Waals surface area contributed by atoms with E-state index in [0.717, 1.165) is 38.9 Å². The van der Waals surface area contributed by atoms with E-state index >= 15 is 0 Å². The Morgan fingerprint density at radius 2 is 1.44 bits per heavy atom. The number of carboxylic acid groups (broad SMARTS) is 2. The summed E-state index contributed by atoms with van der Waals surface area (Å²) in [5.41, 5.74) is 9.07. The van der Waals surface area contributed by atoms with Crippen LogP contribution in [0.2, 0.25) is 0 Å². The predicted molar refractivity (Wildman–Crippen MR) is 196 cm³/mol. The minimum Gasteiger partial charge on any atom is -0.481 e. The first-order chi connectivity index (χ1) is 24.7. The number of aliphatic carboxylic acids is 2. The van der Waals surface area contributed by atoms with Crippen LogP contribution < -0.4 is 0 Å². The summed E-state index contributed by atoms with van der Waals surface area (Å²) in [5, 5.41) is 29.4. The number of nitrogens with one attached hydrogen (secondary N) is 2. The molecule has 3 aromatic heterocycles. The van der Waals surface area contributed by atoms with E-state index in [1.165, 1.54) is 7.11 Å². The quantitative estimate of drug-likeness (QED) is 0.163. The first-order valence-corrected chi connectivity index (χ1v) is 16.9. The number of Topliss-reactive ketones (excluding diaryl/α,β-unsaturated/α-hetero) is 1. The molecule has 12 heteroatoms. The third kappa shape index (κ3) is 5.98. The Kier molecular flexibility index (Phi) is 9.45. The number of esters is 1. The Labute approximate surface area is 299 Å². The van der Waals surface area contributed by atoms with Gasteiger partial charge in [-0.05, 0) is 98.2 Å². The lowest BCUT2D eigenvalue weighted by atomic mass is 9.63. The second-order valence-corrected chi connectivity index (χ2v) is 13.4. The zero-order valence-electron chi connectivity index (χ0n) is 29.6. The normalized spacial score (nSPS) is 18.0. The summed E-state index contributed by atoms with van der Waals surface area (Å²) in [5.74, 6) is -4.33. The lowest BCUT2D eigenvalue weighted by molar-refractivity contribution is -0.139. The molecule has 12 nitrogen and oxygen atoms in total. The van der Waals surface area contributed by atoms with Crippen LogP contribution >= 0.6 is 0 Å². The average molecular weight is 705 g/mol. The number of carboxylic acids is 2. The number of carbonyl (C=O) groups excluding carboxylic acids is 2. The molecule has 268 valence electrons. The molecule has 3 aromatic rings. The molecule has 52 heavy (non-hydrogen) atoms. The van der Waals surface area contributed by atoms with Crippen molar-refractivity contribution in [2.24, 2.45) is 5.92 Å². The molecular weight excluding hydrogens is 664 g/mol. The number of methoxy groups -OCH3 is 1. The van der Waals surface area contributed by atoms with Gasteiger partial charge in [0.25, 0.3) is 0 Å². The Morgan fingerprint density at radius 3 is 1.98 bits per heavy atom. The van der Waals surface area contributed by atoms with Gasteiger partial charge in [0.15, 0.2) is 5.78 Å². The van der Waals surface area contributed by atoms with Crippen molar-refractivity contribution in [1.29, 1.82) is 0 Å². The highest BCUT2D eigenvalue weighted by molar-refractivity contribution is 6.04. The molecule has 0 aromatic carbocycles. The van der Waals surface area contributed by atoms with Crippen LogP contribution in [-0.2, 0) is 42.2 Å². The standard InChI is InChI=1S/C40H40N4O8/c1-7-22-19(2)28-15-33-26-11-8-25(39(51)52-6)38(34(46)18-45)40(26,5)35(44-33)17-29-21(4)24(10-13-37(49)50)32(43-29)16-31-23(9-12-36(47)48)20(3)27(42-31)14-30(22)41-28/h7-8,11,14-17,38,42-43,45H,1,9-10,12-13,18H2,2-6H3,(H,47,48)(H,49,50)/t38?,40-/m0/s1. The number of ketones is 1. The number of hydrogen-bond acceptors (Lipinski definition) is 8. The summed E-state index contributed by atoms with van der Waals surface area (Å²) in [6.07, 6.45) is 5.23. The summed E-state index contributed by atoms with van der Waals surface area (Å²) < 4.78 is 5.07. The largest absolute Gasteiger partial charge is 0.481 e. The summed E-state index contributed by atoms with van der Waals surface area (Å²) in [7, 11) is 1.23. The molecular formula is C40H40N4O8. The van der Waals surface area contributed by atoms with Crippen molar-refractivity contribution < 1.29 is 39.2 Å². The lowest BCUT2D eigenvalue weighted by Crippen LogP contribution is -2.42. The number of allylic oxidation sites excluding steroid dienone is 6. The first kappa shape index (κ1) is 35.9. The van der Waals surface area contributed by atoms with Gasteiger partial charge in [0.2, 0.25) is 0 Å². The number of aryl methyl sites for hydroxylation is 4. The number of carbonyl (C=O) groups is 4. The van der Waals surface area contributed by atoms with Crippen LogP contribution in [0.4, 0.5) is 0 Å². The number of aromatic amines is 2. The molecule has 5 N–H and O–H groups in total. The van der Waals surface area contributed by atoms with Gasteiger partial charge in [-0.3, -0.25) is 19.4 Å². The summed E-state index contributed by atoms with van der Waals surface area (Å²) >= 11 is 0. The highest BCUT2D eigenvalue weighted by atomic mass is 16.5. The van der Waals surface area contributed by atoms with Crippen molar-refractivity contribution in [1.82, 2.24) is 19.9 Å². The van der Waals surface area contributed by atoms with Crippen LogP contribution in [-0.4, -0.2) is 72.7 Å². The van der Waals surface area contributed by atoms with Crippen molar-refractivity contribution in [2.45, 2.75) is 58.8 Å². The number of aromatic nitrogens is 4. The summed E-state index contributed by atoms with van der Waals surface area (Å²) in [6, 6.07) is 7.39. The molecule has 2 atom stereocenters. The van der Waals surface area contributed by atoms with Crippen LogP contribution in [0.1, 0.15) is 71.7 Å². The van der Waals surface area contributed by atoms with Gasteiger partial charge in [0.05, 0.1) is 41.2 Å². The van der Waals surface area contributed by atoms with Crippen LogP contribution in [0.5, 0.6) is 0 Å². The van der Waals surface area contributed by atoms with Gasteiger partial charge in [-0.15, -0.1) is 0 Å². The Balaban J connectivity index is 1.79. The third-order valence-corrected chi connectivity index (χ3v) is 10.5. The molecule has 8 bridgehead atoms. The molecule has 3 aliphatic rings. The molecule has 0 spiro atoms. The number of nitrogens with zero attached hydrogens (tertiary/aromatic N) is 2. The number of aliphatic hydroxyl groups excluding tert-OH is 1. The zero-order valence-corrected chi connectivity index (χ0v) is 29.6. The Bertz CT molecular complexity index is 2360. The maximum absolute atomic E-state index is 13.6. The maximum Gasteiger partial charge on any atom is 0.334 e. The van der Waals surface area contributed by atoms with Gasteiger partial charge >= 0.3 is 17.9 Å².